The van der Waals surface area contributed by atoms with Crippen LogP contribution in [0.1, 0.15) is 41.5 Å². The van der Waals surface area contributed by atoms with E-state index in [1.807, 2.05) is 13.8 Å². The van der Waals surface area contributed by atoms with E-state index in [0.29, 0.717) is 6.61 Å². The highest BCUT2D eigenvalue weighted by atomic mass is 16.5. The van der Waals surface area contributed by atoms with Gasteiger partial charge in [-0.05, 0) is 26.2 Å². The van der Waals surface area contributed by atoms with Gasteiger partial charge >= 0.3 is 6.09 Å². The number of nitrogens with one attached hydrogen (secondary N) is 1. The van der Waals surface area contributed by atoms with Gasteiger partial charge in [0.1, 0.15) is 0 Å². The molecule has 0 atom stereocenters. The molecule has 13 heavy (non-hydrogen) atoms. The molecule has 0 fully saturated rings. The highest BCUT2D eigenvalue weighted by molar-refractivity contribution is 5.68. The van der Waals surface area contributed by atoms with Gasteiger partial charge in [0, 0.05) is 5.54 Å². The van der Waals surface area contributed by atoms with Gasteiger partial charge < -0.3 is 10.1 Å². The van der Waals surface area contributed by atoms with E-state index in [1.54, 1.807) is 6.92 Å². The minimum Gasteiger partial charge on any atom is -0.450 e. The van der Waals surface area contributed by atoms with Gasteiger partial charge in [-0.2, -0.15) is 0 Å². The molecule has 0 aromatic rings. The summed E-state index contributed by atoms with van der Waals surface area (Å²) in [4.78, 5) is 11.2. The molecule has 0 aliphatic heterocycles. The number of carbonyl (C=O) groups excluding carboxylic acids is 1. The van der Waals surface area contributed by atoms with Gasteiger partial charge in [0.05, 0.1) is 6.61 Å². The maximum absolute atomic E-state index is 11.2. The second-order valence-electron chi connectivity index (χ2n) is 4.72. The minimum atomic E-state index is -0.345. The van der Waals surface area contributed by atoms with Crippen LogP contribution in [-0.2, 0) is 4.74 Å². The van der Waals surface area contributed by atoms with Gasteiger partial charge in [0.2, 0.25) is 0 Å². The Morgan fingerprint density at radius 3 is 2.00 bits per heavy atom. The van der Waals surface area contributed by atoms with Gasteiger partial charge in [-0.1, -0.05) is 20.8 Å². The molecule has 0 aliphatic rings. The van der Waals surface area contributed by atoms with E-state index in [9.17, 15) is 4.79 Å². The summed E-state index contributed by atoms with van der Waals surface area (Å²) in [6, 6.07) is 0. The van der Waals surface area contributed by atoms with Gasteiger partial charge in [0.15, 0.2) is 0 Å². The third-order valence-corrected chi connectivity index (χ3v) is 2.56. The molecule has 0 saturated heterocycles. The highest BCUT2D eigenvalue weighted by Crippen LogP contribution is 2.29. The van der Waals surface area contributed by atoms with Crippen molar-refractivity contribution in [3.05, 3.63) is 0 Å². The second-order valence-corrected chi connectivity index (χ2v) is 4.72. The van der Waals surface area contributed by atoms with E-state index in [1.165, 1.54) is 0 Å². The highest BCUT2D eigenvalue weighted by Gasteiger charge is 2.34. The van der Waals surface area contributed by atoms with E-state index in [-0.39, 0.29) is 17.0 Å². The lowest BCUT2D eigenvalue weighted by atomic mass is 9.76. The Hall–Kier alpha value is -0.730. The van der Waals surface area contributed by atoms with Crippen LogP contribution < -0.4 is 5.32 Å². The molecule has 78 valence electrons. The molecule has 0 aromatic carbocycles. The first-order valence-electron chi connectivity index (χ1n) is 4.65. The number of amides is 1. The maximum Gasteiger partial charge on any atom is 0.407 e. The van der Waals surface area contributed by atoms with Crippen LogP contribution in [-0.4, -0.2) is 18.2 Å². The third-order valence-electron chi connectivity index (χ3n) is 2.56. The average molecular weight is 187 g/mol. The van der Waals surface area contributed by atoms with E-state index in [0.717, 1.165) is 0 Å². The molecule has 0 spiro atoms. The number of hydrogen-bond acceptors (Lipinski definition) is 2. The molecule has 1 amide bonds. The van der Waals surface area contributed by atoms with E-state index >= 15 is 0 Å². The van der Waals surface area contributed by atoms with Crippen molar-refractivity contribution >= 4 is 6.09 Å². The molecular weight excluding hydrogens is 166 g/mol. The van der Waals surface area contributed by atoms with Crippen LogP contribution in [0.2, 0.25) is 0 Å². The van der Waals surface area contributed by atoms with Crippen molar-refractivity contribution in [3.8, 4) is 0 Å². The Morgan fingerprint density at radius 1 is 1.23 bits per heavy atom. The van der Waals surface area contributed by atoms with E-state index in [4.69, 9.17) is 4.74 Å². The predicted molar refractivity (Wildman–Crippen MR) is 53.7 cm³/mol. The SMILES string of the molecule is CCOC(=O)NC(C)(C)C(C)(C)C. The normalized spacial score (nSPS) is 12.5. The van der Waals surface area contributed by atoms with Crippen LogP contribution in [0.5, 0.6) is 0 Å². The molecule has 1 N–H and O–H groups in total. The van der Waals surface area contributed by atoms with Gasteiger partial charge in [0.25, 0.3) is 0 Å². The number of carbonyl (C=O) groups is 1. The molecule has 0 radical (unpaired) electrons. The zero-order valence-corrected chi connectivity index (χ0v) is 9.52. The molecule has 0 aliphatic carbocycles. The zero-order valence-electron chi connectivity index (χ0n) is 9.52. The number of alkyl carbamates (subject to hydrolysis) is 1. The lowest BCUT2D eigenvalue weighted by Gasteiger charge is -2.38. The van der Waals surface area contributed by atoms with Crippen molar-refractivity contribution in [3.63, 3.8) is 0 Å². The molecule has 0 bridgehead atoms. The third kappa shape index (κ3) is 3.66. The Labute approximate surface area is 80.8 Å². The summed E-state index contributed by atoms with van der Waals surface area (Å²) >= 11 is 0. The standard InChI is InChI=1S/C10H21NO2/c1-7-13-8(12)11-10(5,6)9(2,3)4/h7H2,1-6H3,(H,11,12). The van der Waals surface area contributed by atoms with Crippen LogP contribution in [0.15, 0.2) is 0 Å². The van der Waals surface area contributed by atoms with E-state index in [2.05, 4.69) is 26.1 Å². The molecular formula is C10H21NO2. The Bertz CT molecular complexity index is 180. The average Bonchev–Trinajstić information content (AvgIpc) is 1.83. The summed E-state index contributed by atoms with van der Waals surface area (Å²) in [5, 5.41) is 2.84. The van der Waals surface area contributed by atoms with Gasteiger partial charge in [-0.15, -0.1) is 0 Å². The number of hydrogen-bond donors (Lipinski definition) is 1. The topological polar surface area (TPSA) is 38.3 Å². The van der Waals surface area contributed by atoms with Crippen LogP contribution in [0.4, 0.5) is 4.79 Å². The van der Waals surface area contributed by atoms with Crippen molar-refractivity contribution < 1.29 is 9.53 Å². The summed E-state index contributed by atoms with van der Waals surface area (Å²) in [5.74, 6) is 0. The first kappa shape index (κ1) is 12.3. The lowest BCUT2D eigenvalue weighted by Crippen LogP contribution is -2.52. The molecule has 0 saturated carbocycles. The van der Waals surface area contributed by atoms with E-state index < -0.39 is 0 Å². The Balaban J connectivity index is 4.26. The predicted octanol–water partition coefficient (Wildman–Crippen LogP) is 2.56. The molecule has 0 unspecified atom stereocenters. The molecule has 3 nitrogen and oxygen atoms in total. The fourth-order valence-electron chi connectivity index (χ4n) is 0.610. The number of rotatable bonds is 2. The fourth-order valence-corrected chi connectivity index (χ4v) is 0.610. The summed E-state index contributed by atoms with van der Waals surface area (Å²) in [5.41, 5.74) is -0.251. The van der Waals surface area contributed by atoms with Crippen molar-refractivity contribution in [2.24, 2.45) is 5.41 Å². The monoisotopic (exact) mass is 187 g/mol. The van der Waals surface area contributed by atoms with Crippen molar-refractivity contribution in [2.75, 3.05) is 6.61 Å². The second kappa shape index (κ2) is 3.99. The Kier molecular flexibility index (Phi) is 3.76. The summed E-state index contributed by atoms with van der Waals surface area (Å²) in [6.45, 7) is 12.4. The van der Waals surface area contributed by atoms with Crippen molar-refractivity contribution in [2.45, 2.75) is 47.1 Å². The maximum atomic E-state index is 11.2. The van der Waals surface area contributed by atoms with Crippen LogP contribution in [0.3, 0.4) is 0 Å². The van der Waals surface area contributed by atoms with Crippen LogP contribution in [0.25, 0.3) is 0 Å². The molecule has 3 heteroatoms. The quantitative estimate of drug-likeness (QED) is 0.721. The van der Waals surface area contributed by atoms with Crippen LogP contribution in [0, 0.1) is 5.41 Å². The summed E-state index contributed by atoms with van der Waals surface area (Å²) in [7, 11) is 0. The largest absolute Gasteiger partial charge is 0.450 e. The van der Waals surface area contributed by atoms with Gasteiger partial charge in [-0.25, -0.2) is 4.79 Å². The minimum absolute atomic E-state index is 0.0137. The smallest absolute Gasteiger partial charge is 0.407 e. The Morgan fingerprint density at radius 2 is 1.69 bits per heavy atom. The number of ether oxygens (including phenoxy) is 1. The molecule has 0 heterocycles. The van der Waals surface area contributed by atoms with Gasteiger partial charge in [-0.3, -0.25) is 0 Å². The lowest BCUT2D eigenvalue weighted by molar-refractivity contribution is 0.115. The zero-order chi connectivity index (χ0) is 10.7. The van der Waals surface area contributed by atoms with Crippen LogP contribution >= 0.6 is 0 Å². The van der Waals surface area contributed by atoms with Crippen molar-refractivity contribution in [1.82, 2.24) is 5.32 Å². The molecule has 0 aromatic heterocycles. The van der Waals surface area contributed by atoms with Crippen molar-refractivity contribution in [1.29, 1.82) is 0 Å². The first-order chi connectivity index (χ1) is 5.70. The summed E-state index contributed by atoms with van der Waals surface area (Å²) < 4.78 is 4.82. The first-order valence-corrected chi connectivity index (χ1v) is 4.65. The fraction of sp³-hybridized carbons (Fsp3) is 0.900. The molecule has 0 rings (SSSR count). The summed E-state index contributed by atoms with van der Waals surface area (Å²) in [6.07, 6.45) is -0.345.